The summed E-state index contributed by atoms with van der Waals surface area (Å²) in [6, 6.07) is 9.63. The Morgan fingerprint density at radius 1 is 1.16 bits per heavy atom. The van der Waals surface area contributed by atoms with Gasteiger partial charge in [-0.3, -0.25) is 4.72 Å². The molecule has 0 fully saturated rings. The van der Waals surface area contributed by atoms with Crippen molar-refractivity contribution >= 4 is 33.0 Å². The Kier molecular flexibility index (Phi) is 3.64. The van der Waals surface area contributed by atoms with E-state index in [0.717, 1.165) is 6.07 Å². The summed E-state index contributed by atoms with van der Waals surface area (Å²) >= 11 is 5.52. The number of benzene rings is 2. The fourth-order valence-electron chi connectivity index (χ4n) is 1.50. The summed E-state index contributed by atoms with van der Waals surface area (Å²) in [5.74, 6) is -0.706. The lowest BCUT2D eigenvalue weighted by molar-refractivity contribution is 0.601. The smallest absolute Gasteiger partial charge is 0.263 e. The SMILES string of the molecule is Nc1ccccc1S(=O)(=O)Nc1ccc(Cl)c(F)c1. The fourth-order valence-corrected chi connectivity index (χ4v) is 2.80. The molecule has 0 unspecified atom stereocenters. The summed E-state index contributed by atoms with van der Waals surface area (Å²) in [6.07, 6.45) is 0. The van der Waals surface area contributed by atoms with Gasteiger partial charge in [-0.05, 0) is 30.3 Å². The molecule has 0 amide bonds. The van der Waals surface area contributed by atoms with Gasteiger partial charge in [-0.25, -0.2) is 12.8 Å². The second kappa shape index (κ2) is 5.07. The van der Waals surface area contributed by atoms with Crippen LogP contribution in [-0.2, 0) is 10.0 Å². The second-order valence-electron chi connectivity index (χ2n) is 3.77. The van der Waals surface area contributed by atoms with Crippen LogP contribution in [0, 0.1) is 5.82 Å². The quantitative estimate of drug-likeness (QED) is 0.856. The molecule has 2 aromatic carbocycles. The number of hydrogen-bond donors (Lipinski definition) is 2. The van der Waals surface area contributed by atoms with Crippen LogP contribution in [0.5, 0.6) is 0 Å². The maximum Gasteiger partial charge on any atom is 0.263 e. The number of nitrogens with two attached hydrogens (primary N) is 1. The van der Waals surface area contributed by atoms with Gasteiger partial charge in [-0.15, -0.1) is 0 Å². The molecular formula is C12H10ClFN2O2S. The first-order valence-electron chi connectivity index (χ1n) is 5.22. The first kappa shape index (κ1) is 13.6. The molecular weight excluding hydrogens is 291 g/mol. The summed E-state index contributed by atoms with van der Waals surface area (Å²) in [7, 11) is -3.86. The molecule has 3 N–H and O–H groups in total. The lowest BCUT2D eigenvalue weighted by Crippen LogP contribution is -2.14. The van der Waals surface area contributed by atoms with Gasteiger partial charge in [0.15, 0.2) is 0 Å². The molecule has 0 heterocycles. The number of sulfonamides is 1. The average molecular weight is 301 g/mol. The normalized spacial score (nSPS) is 11.3. The predicted octanol–water partition coefficient (Wildman–Crippen LogP) is 2.86. The van der Waals surface area contributed by atoms with Crippen LogP contribution in [0.3, 0.4) is 0 Å². The third-order valence-electron chi connectivity index (χ3n) is 2.38. The van der Waals surface area contributed by atoms with E-state index in [1.54, 1.807) is 12.1 Å². The van der Waals surface area contributed by atoms with Crippen LogP contribution >= 0.6 is 11.6 Å². The lowest BCUT2D eigenvalue weighted by Gasteiger charge is -2.10. The van der Waals surface area contributed by atoms with Gasteiger partial charge in [0.05, 0.1) is 16.4 Å². The second-order valence-corrected chi connectivity index (χ2v) is 5.83. The summed E-state index contributed by atoms with van der Waals surface area (Å²) in [5, 5.41) is -0.0813. The van der Waals surface area contributed by atoms with Gasteiger partial charge < -0.3 is 5.73 Å². The van der Waals surface area contributed by atoms with Crippen molar-refractivity contribution in [2.24, 2.45) is 0 Å². The van der Waals surface area contributed by atoms with E-state index >= 15 is 0 Å². The molecule has 0 saturated heterocycles. The van der Waals surface area contributed by atoms with Crippen LogP contribution in [0.2, 0.25) is 5.02 Å². The van der Waals surface area contributed by atoms with Gasteiger partial charge in [0, 0.05) is 0 Å². The Bertz CT molecular complexity index is 719. The van der Waals surface area contributed by atoms with Gasteiger partial charge in [-0.1, -0.05) is 23.7 Å². The van der Waals surface area contributed by atoms with E-state index in [1.165, 1.54) is 24.3 Å². The largest absolute Gasteiger partial charge is 0.398 e. The van der Waals surface area contributed by atoms with E-state index < -0.39 is 15.8 Å². The molecule has 0 aromatic heterocycles. The van der Waals surface area contributed by atoms with Crippen molar-refractivity contribution in [3.63, 3.8) is 0 Å². The predicted molar refractivity (Wildman–Crippen MR) is 73.1 cm³/mol. The number of halogens is 2. The van der Waals surface area contributed by atoms with Crippen molar-refractivity contribution < 1.29 is 12.8 Å². The monoisotopic (exact) mass is 300 g/mol. The van der Waals surface area contributed by atoms with Crippen molar-refractivity contribution in [1.29, 1.82) is 0 Å². The van der Waals surface area contributed by atoms with E-state index in [-0.39, 0.29) is 21.3 Å². The molecule has 0 aliphatic heterocycles. The Morgan fingerprint density at radius 2 is 1.84 bits per heavy atom. The highest BCUT2D eigenvalue weighted by molar-refractivity contribution is 7.92. The Hall–Kier alpha value is -1.79. The molecule has 0 aliphatic carbocycles. The highest BCUT2D eigenvalue weighted by Gasteiger charge is 2.17. The molecule has 0 radical (unpaired) electrons. The maximum atomic E-state index is 13.2. The van der Waals surface area contributed by atoms with Gasteiger partial charge in [0.1, 0.15) is 10.7 Å². The Balaban J connectivity index is 2.37. The van der Waals surface area contributed by atoms with E-state index in [4.69, 9.17) is 17.3 Å². The molecule has 4 nitrogen and oxygen atoms in total. The van der Waals surface area contributed by atoms with Crippen molar-refractivity contribution in [2.75, 3.05) is 10.5 Å². The van der Waals surface area contributed by atoms with Crippen molar-refractivity contribution in [2.45, 2.75) is 4.90 Å². The number of hydrogen-bond acceptors (Lipinski definition) is 3. The van der Waals surface area contributed by atoms with Gasteiger partial charge in [-0.2, -0.15) is 0 Å². The third-order valence-corrected chi connectivity index (χ3v) is 4.14. The molecule has 2 rings (SSSR count). The third kappa shape index (κ3) is 2.97. The van der Waals surface area contributed by atoms with Crippen molar-refractivity contribution in [3.8, 4) is 0 Å². The van der Waals surface area contributed by atoms with Crippen molar-refractivity contribution in [1.82, 2.24) is 0 Å². The standard InChI is InChI=1S/C12H10ClFN2O2S/c13-9-6-5-8(7-10(9)14)16-19(17,18)12-4-2-1-3-11(12)15/h1-7,16H,15H2. The van der Waals surface area contributed by atoms with Gasteiger partial charge in [0.2, 0.25) is 0 Å². The molecule has 0 bridgehead atoms. The van der Waals surface area contributed by atoms with E-state index in [1.807, 2.05) is 0 Å². The molecule has 0 aliphatic rings. The van der Waals surface area contributed by atoms with Crippen LogP contribution in [0.15, 0.2) is 47.4 Å². The summed E-state index contributed by atoms with van der Waals surface area (Å²) in [6.45, 7) is 0. The molecule has 0 atom stereocenters. The topological polar surface area (TPSA) is 72.2 Å². The molecule has 19 heavy (non-hydrogen) atoms. The number of anilines is 2. The molecule has 100 valence electrons. The minimum atomic E-state index is -3.86. The van der Waals surface area contributed by atoms with Gasteiger partial charge >= 0.3 is 0 Å². The highest BCUT2D eigenvalue weighted by atomic mass is 35.5. The zero-order valence-corrected chi connectivity index (χ0v) is 11.2. The lowest BCUT2D eigenvalue weighted by atomic mass is 10.3. The number of nitrogen functional groups attached to an aromatic ring is 1. The van der Waals surface area contributed by atoms with E-state index in [9.17, 15) is 12.8 Å². The molecule has 0 saturated carbocycles. The van der Waals surface area contributed by atoms with Crippen LogP contribution in [-0.4, -0.2) is 8.42 Å². The number of nitrogens with one attached hydrogen (secondary N) is 1. The molecule has 0 spiro atoms. The first-order chi connectivity index (χ1) is 8.90. The molecule has 7 heteroatoms. The number of rotatable bonds is 3. The van der Waals surface area contributed by atoms with Crippen molar-refractivity contribution in [3.05, 3.63) is 53.3 Å². The minimum Gasteiger partial charge on any atom is -0.398 e. The Morgan fingerprint density at radius 3 is 2.47 bits per heavy atom. The van der Waals surface area contributed by atoms with Crippen LogP contribution in [0.1, 0.15) is 0 Å². The average Bonchev–Trinajstić information content (AvgIpc) is 2.34. The Labute approximate surface area is 115 Å². The number of para-hydroxylation sites is 1. The van der Waals surface area contributed by atoms with E-state index in [0.29, 0.717) is 0 Å². The first-order valence-corrected chi connectivity index (χ1v) is 7.08. The van der Waals surface area contributed by atoms with Crippen LogP contribution in [0.25, 0.3) is 0 Å². The fraction of sp³-hybridized carbons (Fsp3) is 0. The minimum absolute atomic E-state index is 0.0645. The zero-order chi connectivity index (χ0) is 14.0. The summed E-state index contributed by atoms with van der Waals surface area (Å²) < 4.78 is 39.6. The maximum absolute atomic E-state index is 13.2. The highest BCUT2D eigenvalue weighted by Crippen LogP contribution is 2.23. The summed E-state index contributed by atoms with van der Waals surface area (Å²) in [4.78, 5) is -0.0645. The van der Waals surface area contributed by atoms with E-state index in [2.05, 4.69) is 4.72 Å². The van der Waals surface area contributed by atoms with Gasteiger partial charge in [0.25, 0.3) is 10.0 Å². The zero-order valence-electron chi connectivity index (χ0n) is 9.60. The van der Waals surface area contributed by atoms with Crippen LogP contribution < -0.4 is 10.5 Å². The van der Waals surface area contributed by atoms with Crippen LogP contribution in [0.4, 0.5) is 15.8 Å². The summed E-state index contributed by atoms with van der Waals surface area (Å²) in [5.41, 5.74) is 5.79. The molecule has 2 aromatic rings.